The maximum absolute atomic E-state index is 12.4. The zero-order valence-corrected chi connectivity index (χ0v) is 15.5. The van der Waals surface area contributed by atoms with Crippen molar-refractivity contribution in [1.29, 1.82) is 0 Å². The molecule has 5 nitrogen and oxygen atoms in total. The fraction of sp³-hybridized carbons (Fsp3) is 0.100. The Hall–Kier alpha value is -2.86. The van der Waals surface area contributed by atoms with Crippen LogP contribution in [0.15, 0.2) is 46.9 Å². The third-order valence-electron chi connectivity index (χ3n) is 4.28. The van der Waals surface area contributed by atoms with Gasteiger partial charge in [-0.25, -0.2) is 4.79 Å². The molecule has 2 heterocycles. The highest BCUT2D eigenvalue weighted by Crippen LogP contribution is 2.36. The van der Waals surface area contributed by atoms with E-state index in [1.54, 1.807) is 13.0 Å². The van der Waals surface area contributed by atoms with Crippen molar-refractivity contribution in [2.24, 2.45) is 0 Å². The van der Waals surface area contributed by atoms with Gasteiger partial charge in [0.1, 0.15) is 5.69 Å². The molecule has 0 fully saturated rings. The number of fused-ring (bicyclic) bond motifs is 2. The summed E-state index contributed by atoms with van der Waals surface area (Å²) < 4.78 is 6.03. The summed E-state index contributed by atoms with van der Waals surface area (Å²) in [5, 5.41) is 4.50. The van der Waals surface area contributed by atoms with Crippen molar-refractivity contribution in [3.63, 3.8) is 0 Å². The highest BCUT2D eigenvalue weighted by atomic mass is 79.9. The Bertz CT molecular complexity index is 1080. The number of aromatic amines is 1. The molecule has 130 valence electrons. The van der Waals surface area contributed by atoms with E-state index in [-0.39, 0.29) is 5.91 Å². The van der Waals surface area contributed by atoms with E-state index in [0.29, 0.717) is 23.6 Å². The summed E-state index contributed by atoms with van der Waals surface area (Å²) in [4.78, 5) is 27.8. The number of amides is 1. The minimum absolute atomic E-state index is 0.172. The number of esters is 1. The number of benzene rings is 2. The van der Waals surface area contributed by atoms with Crippen LogP contribution in [0, 0.1) is 0 Å². The van der Waals surface area contributed by atoms with Gasteiger partial charge in [0, 0.05) is 26.5 Å². The number of rotatable bonds is 3. The van der Waals surface area contributed by atoms with E-state index in [1.807, 2.05) is 42.5 Å². The molecule has 0 bridgehead atoms. The quantitative estimate of drug-likeness (QED) is 0.489. The molecule has 0 aliphatic carbocycles. The minimum Gasteiger partial charge on any atom is -0.461 e. The average Bonchev–Trinajstić information content (AvgIpc) is 3.13. The average molecular weight is 411 g/mol. The molecule has 3 aromatic rings. The molecule has 0 spiro atoms. The lowest BCUT2D eigenvalue weighted by Crippen LogP contribution is -2.05. The first-order valence-electron chi connectivity index (χ1n) is 8.19. The number of hydrogen-bond donors (Lipinski definition) is 2. The summed E-state index contributed by atoms with van der Waals surface area (Å²) in [6.45, 7) is 2.07. The smallest absolute Gasteiger partial charge is 0.355 e. The van der Waals surface area contributed by atoms with Gasteiger partial charge in [0.25, 0.3) is 5.91 Å². The van der Waals surface area contributed by atoms with Gasteiger partial charge in [0.15, 0.2) is 0 Å². The number of anilines is 1. The van der Waals surface area contributed by atoms with E-state index < -0.39 is 5.97 Å². The van der Waals surface area contributed by atoms with Gasteiger partial charge in [-0.1, -0.05) is 46.3 Å². The first kappa shape index (κ1) is 16.6. The molecule has 0 unspecified atom stereocenters. The van der Waals surface area contributed by atoms with Crippen molar-refractivity contribution in [3.8, 4) is 0 Å². The second-order valence-corrected chi connectivity index (χ2v) is 6.80. The molecule has 6 heteroatoms. The van der Waals surface area contributed by atoms with E-state index in [4.69, 9.17) is 4.74 Å². The maximum Gasteiger partial charge on any atom is 0.355 e. The monoisotopic (exact) mass is 410 g/mol. The minimum atomic E-state index is -0.409. The van der Waals surface area contributed by atoms with Crippen LogP contribution in [-0.4, -0.2) is 23.5 Å². The number of ether oxygens (including phenoxy) is 1. The van der Waals surface area contributed by atoms with E-state index in [9.17, 15) is 9.59 Å². The molecule has 1 aliphatic heterocycles. The highest BCUT2D eigenvalue weighted by Gasteiger charge is 2.25. The second-order valence-electron chi connectivity index (χ2n) is 5.88. The van der Waals surface area contributed by atoms with Gasteiger partial charge in [0.05, 0.1) is 17.9 Å². The highest BCUT2D eigenvalue weighted by molar-refractivity contribution is 9.10. The fourth-order valence-corrected chi connectivity index (χ4v) is 3.50. The Morgan fingerprint density at radius 2 is 1.96 bits per heavy atom. The van der Waals surface area contributed by atoms with Crippen molar-refractivity contribution in [3.05, 3.63) is 63.9 Å². The van der Waals surface area contributed by atoms with E-state index in [1.165, 1.54) is 0 Å². The summed E-state index contributed by atoms with van der Waals surface area (Å²) in [5.41, 5.74) is 3.23. The number of halogens is 1. The predicted molar refractivity (Wildman–Crippen MR) is 105 cm³/mol. The lowest BCUT2D eigenvalue weighted by atomic mass is 10.0. The van der Waals surface area contributed by atoms with Crippen LogP contribution >= 0.6 is 15.9 Å². The summed E-state index contributed by atoms with van der Waals surface area (Å²) in [6.07, 6.45) is 1.78. The van der Waals surface area contributed by atoms with Gasteiger partial charge in [-0.3, -0.25) is 4.79 Å². The summed E-state index contributed by atoms with van der Waals surface area (Å²) in [5.74, 6) is -0.581. The normalized spacial score (nSPS) is 14.5. The van der Waals surface area contributed by atoms with Crippen molar-refractivity contribution in [2.45, 2.75) is 6.92 Å². The molecule has 1 aliphatic rings. The van der Waals surface area contributed by atoms with Gasteiger partial charge in [-0.15, -0.1) is 0 Å². The summed E-state index contributed by atoms with van der Waals surface area (Å²) >= 11 is 3.41. The largest absolute Gasteiger partial charge is 0.461 e. The number of carbonyl (C=O) groups excluding carboxylic acids is 2. The zero-order valence-electron chi connectivity index (χ0n) is 13.9. The van der Waals surface area contributed by atoms with Crippen LogP contribution < -0.4 is 5.32 Å². The molecule has 0 saturated heterocycles. The Morgan fingerprint density at radius 3 is 2.73 bits per heavy atom. The number of nitrogens with one attached hydrogen (secondary N) is 2. The first-order chi connectivity index (χ1) is 12.6. The van der Waals surface area contributed by atoms with Crippen LogP contribution in [-0.2, 0) is 9.53 Å². The van der Waals surface area contributed by atoms with Crippen molar-refractivity contribution < 1.29 is 14.3 Å². The third-order valence-corrected chi connectivity index (χ3v) is 4.77. The van der Waals surface area contributed by atoms with Gasteiger partial charge < -0.3 is 15.0 Å². The van der Waals surface area contributed by atoms with Crippen LogP contribution in [0.3, 0.4) is 0 Å². The lowest BCUT2D eigenvalue weighted by Gasteiger charge is -1.99. The number of carbonyl (C=O) groups is 2. The Kier molecular flexibility index (Phi) is 4.12. The van der Waals surface area contributed by atoms with Crippen LogP contribution in [0.1, 0.15) is 28.7 Å². The molecule has 1 amide bonds. The maximum atomic E-state index is 12.4. The molecule has 0 saturated carbocycles. The van der Waals surface area contributed by atoms with Gasteiger partial charge in [0.2, 0.25) is 0 Å². The van der Waals surface area contributed by atoms with E-state index in [2.05, 4.69) is 26.2 Å². The molecule has 0 radical (unpaired) electrons. The number of H-pyrrole nitrogens is 1. The second kappa shape index (κ2) is 6.46. The third kappa shape index (κ3) is 2.72. The molecule has 0 atom stereocenters. The molecule has 26 heavy (non-hydrogen) atoms. The Balaban J connectivity index is 1.87. The summed E-state index contributed by atoms with van der Waals surface area (Å²) in [7, 11) is 0. The molecule has 2 N–H and O–H groups in total. The van der Waals surface area contributed by atoms with Crippen LogP contribution in [0.4, 0.5) is 5.69 Å². The van der Waals surface area contributed by atoms with Crippen LogP contribution in [0.25, 0.3) is 22.4 Å². The number of aromatic nitrogens is 1. The van der Waals surface area contributed by atoms with Crippen LogP contribution in [0.2, 0.25) is 0 Å². The first-order valence-corrected chi connectivity index (χ1v) is 8.98. The number of hydrogen-bond acceptors (Lipinski definition) is 3. The van der Waals surface area contributed by atoms with E-state index in [0.717, 1.165) is 26.5 Å². The van der Waals surface area contributed by atoms with Crippen LogP contribution in [0.5, 0.6) is 0 Å². The van der Waals surface area contributed by atoms with Crippen molar-refractivity contribution in [2.75, 3.05) is 11.9 Å². The Labute approximate surface area is 158 Å². The SMILES string of the molecule is CCOC(=O)c1[nH]c(C=C2C(=O)Nc3cc(Br)ccc32)c2ccccc12. The predicted octanol–water partition coefficient (Wildman–Crippen LogP) is 4.60. The molecular formula is C20H15BrN2O3. The zero-order chi connectivity index (χ0) is 18.3. The molecule has 1 aromatic heterocycles. The topological polar surface area (TPSA) is 71.2 Å². The van der Waals surface area contributed by atoms with E-state index >= 15 is 0 Å². The van der Waals surface area contributed by atoms with Crippen molar-refractivity contribution in [1.82, 2.24) is 4.98 Å². The standard InChI is InChI=1S/C20H15BrN2O3/c1-2-26-20(25)18-14-6-4-3-5-12(14)17(22-18)10-15-13-8-7-11(21)9-16(13)23-19(15)24/h3-10,22H,2H2,1H3,(H,23,24). The van der Waals surface area contributed by atoms with Crippen molar-refractivity contribution >= 4 is 55.9 Å². The molecular weight excluding hydrogens is 396 g/mol. The Morgan fingerprint density at radius 1 is 1.19 bits per heavy atom. The molecule has 4 rings (SSSR count). The summed E-state index contributed by atoms with van der Waals surface area (Å²) in [6, 6.07) is 13.2. The lowest BCUT2D eigenvalue weighted by molar-refractivity contribution is -0.110. The van der Waals surface area contributed by atoms with Gasteiger partial charge in [-0.05, 0) is 25.1 Å². The fourth-order valence-electron chi connectivity index (χ4n) is 3.14. The van der Waals surface area contributed by atoms with Gasteiger partial charge >= 0.3 is 5.97 Å². The molecule has 2 aromatic carbocycles. The van der Waals surface area contributed by atoms with Gasteiger partial charge in [-0.2, -0.15) is 0 Å².